The molecule has 1 aliphatic carbocycles. The summed E-state index contributed by atoms with van der Waals surface area (Å²) in [4.78, 5) is 24.9. The molecule has 0 radical (unpaired) electrons. The lowest BCUT2D eigenvalue weighted by molar-refractivity contribution is -0.142. The molecule has 1 heterocycles. The fourth-order valence-corrected chi connectivity index (χ4v) is 3.19. The van der Waals surface area contributed by atoms with Gasteiger partial charge in [0, 0.05) is 10.8 Å². The Labute approximate surface area is 98.1 Å². The Morgan fingerprint density at radius 2 is 2.00 bits per heavy atom. The first kappa shape index (κ1) is 11.3. The average Bonchev–Trinajstić information content (AvgIpc) is 2.84. The van der Waals surface area contributed by atoms with Crippen molar-refractivity contribution in [3.8, 4) is 0 Å². The Balaban J connectivity index is 2.18. The summed E-state index contributed by atoms with van der Waals surface area (Å²) < 4.78 is 0. The first-order valence-electron chi connectivity index (χ1n) is 5.43. The highest BCUT2D eigenvalue weighted by molar-refractivity contribution is 7.14. The van der Waals surface area contributed by atoms with E-state index in [1.54, 1.807) is 6.07 Å². The number of rotatable bonds is 3. The second-order valence-corrected chi connectivity index (χ2v) is 5.54. The first-order chi connectivity index (χ1) is 7.59. The summed E-state index contributed by atoms with van der Waals surface area (Å²) in [6.45, 7) is 1.95. The van der Waals surface area contributed by atoms with E-state index in [2.05, 4.69) is 0 Å². The van der Waals surface area contributed by atoms with Gasteiger partial charge in [0.25, 0.3) is 0 Å². The molecule has 0 bridgehead atoms. The van der Waals surface area contributed by atoms with E-state index < -0.39 is 11.9 Å². The van der Waals surface area contributed by atoms with Gasteiger partial charge >= 0.3 is 5.97 Å². The molecule has 1 aromatic rings. The maximum atomic E-state index is 12.1. The van der Waals surface area contributed by atoms with Crippen molar-refractivity contribution in [3.05, 3.63) is 21.9 Å². The van der Waals surface area contributed by atoms with Gasteiger partial charge in [-0.25, -0.2) is 0 Å². The second-order valence-electron chi connectivity index (χ2n) is 4.26. The molecule has 2 unspecified atom stereocenters. The van der Waals surface area contributed by atoms with Gasteiger partial charge in [-0.2, -0.15) is 0 Å². The summed E-state index contributed by atoms with van der Waals surface area (Å²) in [5.41, 5.74) is 0. The fraction of sp³-hybridized carbons (Fsp3) is 0.500. The van der Waals surface area contributed by atoms with Crippen LogP contribution in [0.15, 0.2) is 12.1 Å². The molecule has 0 aliphatic heterocycles. The maximum Gasteiger partial charge on any atom is 0.307 e. The zero-order chi connectivity index (χ0) is 11.7. The van der Waals surface area contributed by atoms with E-state index in [0.29, 0.717) is 17.7 Å². The van der Waals surface area contributed by atoms with Crippen LogP contribution < -0.4 is 0 Å². The van der Waals surface area contributed by atoms with Crippen molar-refractivity contribution in [2.45, 2.75) is 26.2 Å². The summed E-state index contributed by atoms with van der Waals surface area (Å²) in [7, 11) is 0. The Bertz CT molecular complexity index is 422. The molecular weight excluding hydrogens is 224 g/mol. The number of carbonyl (C=O) groups excluding carboxylic acids is 1. The van der Waals surface area contributed by atoms with Crippen molar-refractivity contribution < 1.29 is 14.7 Å². The van der Waals surface area contributed by atoms with E-state index in [9.17, 15) is 9.59 Å². The van der Waals surface area contributed by atoms with Gasteiger partial charge < -0.3 is 5.11 Å². The number of aryl methyl sites for hydroxylation is 1. The highest BCUT2D eigenvalue weighted by Gasteiger charge is 2.38. The van der Waals surface area contributed by atoms with Gasteiger partial charge in [0.05, 0.1) is 10.8 Å². The molecule has 1 N–H and O–H groups in total. The summed E-state index contributed by atoms with van der Waals surface area (Å²) in [6, 6.07) is 3.71. The molecule has 0 amide bonds. The molecular formula is C12H14O3S. The van der Waals surface area contributed by atoms with Crippen LogP contribution in [0.25, 0.3) is 0 Å². The molecule has 1 saturated carbocycles. The predicted octanol–water partition coefficient (Wildman–Crippen LogP) is 2.74. The molecule has 2 rings (SSSR count). The standard InChI is InChI=1S/C12H14O3S/c1-7-5-6-10(16-7)11(13)8-3-2-4-9(8)12(14)15/h5-6,8-9H,2-4H2,1H3,(H,14,15). The number of aliphatic carboxylic acids is 1. The van der Waals surface area contributed by atoms with E-state index in [4.69, 9.17) is 5.11 Å². The molecule has 3 nitrogen and oxygen atoms in total. The SMILES string of the molecule is Cc1ccc(C(=O)C2CCCC2C(=O)O)s1. The predicted molar refractivity (Wildman–Crippen MR) is 61.9 cm³/mol. The van der Waals surface area contributed by atoms with Gasteiger partial charge in [-0.15, -0.1) is 11.3 Å². The number of hydrogen-bond acceptors (Lipinski definition) is 3. The monoisotopic (exact) mass is 238 g/mol. The number of carboxylic acid groups (broad SMARTS) is 1. The van der Waals surface area contributed by atoms with Crippen LogP contribution >= 0.6 is 11.3 Å². The average molecular weight is 238 g/mol. The topological polar surface area (TPSA) is 54.4 Å². The minimum atomic E-state index is -0.830. The van der Waals surface area contributed by atoms with Gasteiger partial charge in [-0.1, -0.05) is 6.42 Å². The molecule has 4 heteroatoms. The molecule has 0 saturated heterocycles. The van der Waals surface area contributed by atoms with Gasteiger partial charge in [-0.3, -0.25) is 9.59 Å². The molecule has 1 aromatic heterocycles. The number of hydrogen-bond donors (Lipinski definition) is 1. The Kier molecular flexibility index (Phi) is 3.10. The third-order valence-corrected chi connectivity index (χ3v) is 4.17. The van der Waals surface area contributed by atoms with Gasteiger partial charge in [0.1, 0.15) is 0 Å². The van der Waals surface area contributed by atoms with E-state index in [1.165, 1.54) is 11.3 Å². The van der Waals surface area contributed by atoms with Crippen LogP contribution in [-0.4, -0.2) is 16.9 Å². The molecule has 16 heavy (non-hydrogen) atoms. The quantitative estimate of drug-likeness (QED) is 0.824. The highest BCUT2D eigenvalue weighted by Crippen LogP contribution is 2.35. The van der Waals surface area contributed by atoms with Crippen molar-refractivity contribution in [2.75, 3.05) is 0 Å². The van der Waals surface area contributed by atoms with Crippen LogP contribution in [0.4, 0.5) is 0 Å². The van der Waals surface area contributed by atoms with Crippen LogP contribution in [0.3, 0.4) is 0 Å². The summed E-state index contributed by atoms with van der Waals surface area (Å²) in [5.74, 6) is -1.60. The fourth-order valence-electron chi connectivity index (χ4n) is 2.32. The number of thiophene rings is 1. The normalized spacial score (nSPS) is 24.6. The zero-order valence-corrected chi connectivity index (χ0v) is 9.92. The summed E-state index contributed by atoms with van der Waals surface area (Å²) >= 11 is 1.45. The first-order valence-corrected chi connectivity index (χ1v) is 6.24. The van der Waals surface area contributed by atoms with Gasteiger partial charge in [0.2, 0.25) is 0 Å². The third-order valence-electron chi connectivity index (χ3n) is 3.15. The van der Waals surface area contributed by atoms with Crippen molar-refractivity contribution in [1.82, 2.24) is 0 Å². The van der Waals surface area contributed by atoms with Crippen LogP contribution in [0, 0.1) is 18.8 Å². The van der Waals surface area contributed by atoms with Crippen molar-refractivity contribution in [1.29, 1.82) is 0 Å². The number of carbonyl (C=O) groups is 2. The van der Waals surface area contributed by atoms with Crippen molar-refractivity contribution in [2.24, 2.45) is 11.8 Å². The minimum Gasteiger partial charge on any atom is -0.481 e. The number of ketones is 1. The molecule has 0 spiro atoms. The van der Waals surface area contributed by atoms with Crippen LogP contribution in [-0.2, 0) is 4.79 Å². The van der Waals surface area contributed by atoms with E-state index in [0.717, 1.165) is 11.3 Å². The van der Waals surface area contributed by atoms with E-state index in [1.807, 2.05) is 13.0 Å². The number of carboxylic acids is 1. The summed E-state index contributed by atoms with van der Waals surface area (Å²) in [5, 5.41) is 9.04. The lowest BCUT2D eigenvalue weighted by Gasteiger charge is -2.12. The Hall–Kier alpha value is -1.16. The van der Waals surface area contributed by atoms with Crippen LogP contribution in [0.2, 0.25) is 0 Å². The van der Waals surface area contributed by atoms with Crippen LogP contribution in [0.5, 0.6) is 0 Å². The minimum absolute atomic E-state index is 0.0167. The van der Waals surface area contributed by atoms with Gasteiger partial charge in [-0.05, 0) is 31.9 Å². The molecule has 1 fully saturated rings. The molecule has 1 aliphatic rings. The summed E-state index contributed by atoms with van der Waals surface area (Å²) in [6.07, 6.45) is 2.20. The second kappa shape index (κ2) is 4.37. The maximum absolute atomic E-state index is 12.1. The third kappa shape index (κ3) is 2.02. The largest absolute Gasteiger partial charge is 0.481 e. The molecule has 86 valence electrons. The van der Waals surface area contributed by atoms with E-state index in [-0.39, 0.29) is 11.7 Å². The number of Topliss-reactive ketones (excluding diaryl/α,β-unsaturated/α-hetero) is 1. The van der Waals surface area contributed by atoms with Crippen molar-refractivity contribution in [3.63, 3.8) is 0 Å². The Morgan fingerprint density at radius 1 is 1.31 bits per heavy atom. The molecule has 2 atom stereocenters. The Morgan fingerprint density at radius 3 is 2.56 bits per heavy atom. The van der Waals surface area contributed by atoms with Crippen molar-refractivity contribution >= 4 is 23.1 Å². The highest BCUT2D eigenvalue weighted by atomic mass is 32.1. The van der Waals surface area contributed by atoms with Gasteiger partial charge in [0.15, 0.2) is 5.78 Å². The smallest absolute Gasteiger partial charge is 0.307 e. The zero-order valence-electron chi connectivity index (χ0n) is 9.10. The lowest BCUT2D eigenvalue weighted by atomic mass is 9.91. The molecule has 0 aromatic carbocycles. The van der Waals surface area contributed by atoms with Crippen LogP contribution in [0.1, 0.15) is 33.8 Å². The van der Waals surface area contributed by atoms with E-state index >= 15 is 0 Å². The lowest BCUT2D eigenvalue weighted by Crippen LogP contribution is -2.24.